The van der Waals surface area contributed by atoms with Crippen LogP contribution < -0.4 is 5.32 Å². The first-order valence-electron chi connectivity index (χ1n) is 5.99. The molecule has 7 heteroatoms. The van der Waals surface area contributed by atoms with E-state index >= 15 is 0 Å². The van der Waals surface area contributed by atoms with Gasteiger partial charge in [0.1, 0.15) is 6.33 Å². The van der Waals surface area contributed by atoms with Crippen LogP contribution in [-0.4, -0.2) is 43.9 Å². The van der Waals surface area contributed by atoms with E-state index in [0.717, 1.165) is 5.69 Å². The number of carbonyl (C=O) groups excluding carboxylic acids is 1. The van der Waals surface area contributed by atoms with Crippen molar-refractivity contribution in [1.29, 1.82) is 0 Å². The largest absolute Gasteiger partial charge is 0.394 e. The third kappa shape index (κ3) is 3.14. The van der Waals surface area contributed by atoms with Gasteiger partial charge in [0.15, 0.2) is 0 Å². The maximum absolute atomic E-state index is 11.9. The molecule has 2 rings (SSSR count). The molecule has 0 spiro atoms. The Hall–Kier alpha value is -2.28. The maximum Gasteiger partial charge on any atom is 0.251 e. The molecule has 7 nitrogen and oxygen atoms in total. The van der Waals surface area contributed by atoms with E-state index in [0.29, 0.717) is 12.0 Å². The van der Waals surface area contributed by atoms with Crippen molar-refractivity contribution in [3.05, 3.63) is 36.2 Å². The lowest BCUT2D eigenvalue weighted by Gasteiger charge is -2.14. The fourth-order valence-electron chi connectivity index (χ4n) is 1.59. The Kier molecular flexibility index (Phi) is 4.19. The lowest BCUT2D eigenvalue weighted by molar-refractivity contribution is 0.0915. The highest BCUT2D eigenvalue weighted by Crippen LogP contribution is 2.08. The Balaban J connectivity index is 2.08. The van der Waals surface area contributed by atoms with E-state index in [4.69, 9.17) is 5.11 Å². The van der Waals surface area contributed by atoms with Gasteiger partial charge in [-0.25, -0.2) is 4.68 Å². The number of nitrogens with one attached hydrogen (secondary N) is 1. The van der Waals surface area contributed by atoms with Crippen LogP contribution in [0.25, 0.3) is 5.69 Å². The molecule has 0 fully saturated rings. The number of aliphatic hydroxyl groups is 1. The predicted octanol–water partition coefficient (Wildman–Crippen LogP) is 0.163. The van der Waals surface area contributed by atoms with Gasteiger partial charge in [-0.05, 0) is 41.1 Å². The Morgan fingerprint density at radius 3 is 2.68 bits per heavy atom. The molecule has 0 saturated heterocycles. The molecule has 2 aromatic rings. The third-order valence-electron chi connectivity index (χ3n) is 2.79. The van der Waals surface area contributed by atoms with Crippen LogP contribution in [0.3, 0.4) is 0 Å². The van der Waals surface area contributed by atoms with Crippen LogP contribution >= 0.6 is 0 Å². The molecule has 0 saturated carbocycles. The molecule has 1 aromatic carbocycles. The molecule has 1 heterocycles. The van der Waals surface area contributed by atoms with E-state index in [-0.39, 0.29) is 18.6 Å². The highest BCUT2D eigenvalue weighted by Gasteiger charge is 2.11. The summed E-state index contributed by atoms with van der Waals surface area (Å²) < 4.78 is 1.50. The summed E-state index contributed by atoms with van der Waals surface area (Å²) in [7, 11) is 0. The molecule has 2 N–H and O–H groups in total. The van der Waals surface area contributed by atoms with Crippen molar-refractivity contribution in [2.24, 2.45) is 0 Å². The average molecular weight is 261 g/mol. The van der Waals surface area contributed by atoms with Gasteiger partial charge in [0.25, 0.3) is 5.91 Å². The van der Waals surface area contributed by atoms with Gasteiger partial charge < -0.3 is 10.4 Å². The standard InChI is InChI=1S/C12H15N5O2/c1-2-10(7-18)14-12(19)9-3-5-11(6-4-9)17-8-13-15-16-17/h3-6,8,10,18H,2,7H2,1H3,(H,14,19)/t10-/m1/s1. The molecule has 1 aromatic heterocycles. The molecule has 0 aliphatic heterocycles. The molecule has 19 heavy (non-hydrogen) atoms. The Labute approximate surface area is 110 Å². The minimum absolute atomic E-state index is 0.0645. The Morgan fingerprint density at radius 2 is 2.16 bits per heavy atom. The van der Waals surface area contributed by atoms with E-state index in [1.807, 2.05) is 6.92 Å². The van der Waals surface area contributed by atoms with Crippen LogP contribution in [0.5, 0.6) is 0 Å². The van der Waals surface area contributed by atoms with Crippen molar-refractivity contribution in [2.75, 3.05) is 6.61 Å². The van der Waals surface area contributed by atoms with E-state index in [1.54, 1.807) is 24.3 Å². The summed E-state index contributed by atoms with van der Waals surface area (Å²) in [6.07, 6.45) is 2.17. The number of hydrogen-bond donors (Lipinski definition) is 2. The van der Waals surface area contributed by atoms with E-state index in [1.165, 1.54) is 11.0 Å². The zero-order chi connectivity index (χ0) is 13.7. The Bertz CT molecular complexity index is 520. The lowest BCUT2D eigenvalue weighted by atomic mass is 10.1. The first-order valence-corrected chi connectivity index (χ1v) is 5.99. The summed E-state index contributed by atoms with van der Waals surface area (Å²) in [6, 6.07) is 6.68. The number of carbonyl (C=O) groups is 1. The molecule has 100 valence electrons. The highest BCUT2D eigenvalue weighted by atomic mass is 16.3. The summed E-state index contributed by atoms with van der Waals surface area (Å²) in [4.78, 5) is 11.9. The van der Waals surface area contributed by atoms with Gasteiger partial charge in [-0.3, -0.25) is 4.79 Å². The number of rotatable bonds is 5. The second-order valence-corrected chi connectivity index (χ2v) is 4.06. The number of aromatic nitrogens is 4. The minimum atomic E-state index is -0.216. The summed E-state index contributed by atoms with van der Waals surface area (Å²) in [5, 5.41) is 22.6. The lowest BCUT2D eigenvalue weighted by Crippen LogP contribution is -2.36. The molecule has 0 aliphatic carbocycles. The zero-order valence-electron chi connectivity index (χ0n) is 10.5. The van der Waals surface area contributed by atoms with Crippen molar-refractivity contribution in [1.82, 2.24) is 25.5 Å². The number of hydrogen-bond acceptors (Lipinski definition) is 5. The van der Waals surface area contributed by atoms with Crippen LogP contribution in [0.1, 0.15) is 23.7 Å². The third-order valence-corrected chi connectivity index (χ3v) is 2.79. The van der Waals surface area contributed by atoms with E-state index < -0.39 is 0 Å². The smallest absolute Gasteiger partial charge is 0.251 e. The molecule has 0 radical (unpaired) electrons. The SMILES string of the molecule is CC[C@H](CO)NC(=O)c1ccc(-n2cnnn2)cc1. The monoisotopic (exact) mass is 261 g/mol. The highest BCUT2D eigenvalue weighted by molar-refractivity contribution is 5.94. The van der Waals surface area contributed by atoms with Crippen LogP contribution in [0, 0.1) is 0 Å². The van der Waals surface area contributed by atoms with E-state index in [2.05, 4.69) is 20.8 Å². The molecule has 0 aliphatic rings. The average Bonchev–Trinajstić information content (AvgIpc) is 2.99. The van der Waals surface area contributed by atoms with E-state index in [9.17, 15) is 4.79 Å². The maximum atomic E-state index is 11.9. The van der Waals surface area contributed by atoms with Gasteiger partial charge in [0.05, 0.1) is 18.3 Å². The fourth-order valence-corrected chi connectivity index (χ4v) is 1.59. The minimum Gasteiger partial charge on any atom is -0.394 e. The molecular weight excluding hydrogens is 246 g/mol. The van der Waals surface area contributed by atoms with Gasteiger partial charge in [0.2, 0.25) is 0 Å². The fraction of sp³-hybridized carbons (Fsp3) is 0.333. The molecule has 0 unspecified atom stereocenters. The second kappa shape index (κ2) is 6.05. The van der Waals surface area contributed by atoms with Crippen molar-refractivity contribution >= 4 is 5.91 Å². The van der Waals surface area contributed by atoms with Gasteiger partial charge in [-0.1, -0.05) is 6.92 Å². The van der Waals surface area contributed by atoms with Gasteiger partial charge >= 0.3 is 0 Å². The summed E-state index contributed by atoms with van der Waals surface area (Å²) in [6.45, 7) is 1.84. The van der Waals surface area contributed by atoms with Crippen LogP contribution in [0.4, 0.5) is 0 Å². The number of nitrogens with zero attached hydrogens (tertiary/aromatic N) is 4. The Morgan fingerprint density at radius 1 is 1.42 bits per heavy atom. The number of tetrazole rings is 1. The quantitative estimate of drug-likeness (QED) is 0.800. The van der Waals surface area contributed by atoms with Crippen molar-refractivity contribution < 1.29 is 9.90 Å². The summed E-state index contributed by atoms with van der Waals surface area (Å²) >= 11 is 0. The molecular formula is C12H15N5O2. The van der Waals surface area contributed by atoms with Crippen molar-refractivity contribution in [3.8, 4) is 5.69 Å². The predicted molar refractivity (Wildman–Crippen MR) is 67.8 cm³/mol. The first kappa shape index (κ1) is 13.2. The van der Waals surface area contributed by atoms with Gasteiger partial charge in [-0.2, -0.15) is 0 Å². The molecule has 0 bridgehead atoms. The number of amides is 1. The van der Waals surface area contributed by atoms with Crippen LogP contribution in [-0.2, 0) is 0 Å². The molecule has 1 amide bonds. The molecule has 1 atom stereocenters. The summed E-state index contributed by atoms with van der Waals surface area (Å²) in [5.74, 6) is -0.204. The van der Waals surface area contributed by atoms with Gasteiger partial charge in [-0.15, -0.1) is 5.10 Å². The summed E-state index contributed by atoms with van der Waals surface area (Å²) in [5.41, 5.74) is 1.31. The van der Waals surface area contributed by atoms with Crippen molar-refractivity contribution in [2.45, 2.75) is 19.4 Å². The normalized spacial score (nSPS) is 12.1. The topological polar surface area (TPSA) is 92.9 Å². The number of benzene rings is 1. The van der Waals surface area contributed by atoms with Gasteiger partial charge in [0, 0.05) is 5.56 Å². The number of aliphatic hydroxyl groups excluding tert-OH is 1. The zero-order valence-corrected chi connectivity index (χ0v) is 10.5. The second-order valence-electron chi connectivity index (χ2n) is 4.06. The van der Waals surface area contributed by atoms with Crippen LogP contribution in [0.15, 0.2) is 30.6 Å². The first-order chi connectivity index (χ1) is 9.24. The van der Waals surface area contributed by atoms with Crippen molar-refractivity contribution in [3.63, 3.8) is 0 Å². The van der Waals surface area contributed by atoms with Crippen LogP contribution in [0.2, 0.25) is 0 Å².